The molecule has 0 aliphatic carbocycles. The first-order chi connectivity index (χ1) is 8.54. The Bertz CT molecular complexity index is 371. The zero-order chi connectivity index (χ0) is 13.5. The molecule has 0 aliphatic rings. The van der Waals surface area contributed by atoms with Crippen LogP contribution >= 0.6 is 11.6 Å². The third-order valence-electron chi connectivity index (χ3n) is 2.57. The van der Waals surface area contributed by atoms with Crippen LogP contribution in [0.2, 0.25) is 5.02 Å². The van der Waals surface area contributed by atoms with Crippen molar-refractivity contribution in [1.82, 2.24) is 5.32 Å². The molecule has 2 nitrogen and oxygen atoms in total. The summed E-state index contributed by atoms with van der Waals surface area (Å²) in [6.07, 6.45) is 1.11. The van der Waals surface area contributed by atoms with Gasteiger partial charge in [-0.25, -0.2) is 4.39 Å². The predicted octanol–water partition coefficient (Wildman–Crippen LogP) is 3.94. The van der Waals surface area contributed by atoms with Crippen LogP contribution in [0.4, 0.5) is 4.39 Å². The summed E-state index contributed by atoms with van der Waals surface area (Å²) in [5.41, 5.74) is 0.566. The van der Waals surface area contributed by atoms with E-state index in [1.165, 1.54) is 6.07 Å². The SMILES string of the molecule is CCCNC(COC(C)C)c1cc(Cl)ccc1F. The molecule has 0 spiro atoms. The quantitative estimate of drug-likeness (QED) is 0.812. The van der Waals surface area contributed by atoms with Crippen molar-refractivity contribution in [3.8, 4) is 0 Å². The summed E-state index contributed by atoms with van der Waals surface area (Å²) in [6, 6.07) is 4.45. The van der Waals surface area contributed by atoms with Gasteiger partial charge >= 0.3 is 0 Å². The van der Waals surface area contributed by atoms with E-state index >= 15 is 0 Å². The van der Waals surface area contributed by atoms with Gasteiger partial charge in [-0.15, -0.1) is 0 Å². The third-order valence-corrected chi connectivity index (χ3v) is 2.81. The summed E-state index contributed by atoms with van der Waals surface area (Å²) in [4.78, 5) is 0. The molecule has 0 aromatic heterocycles. The maximum atomic E-state index is 13.8. The van der Waals surface area contributed by atoms with Gasteiger partial charge < -0.3 is 10.1 Å². The number of ether oxygens (including phenoxy) is 1. The van der Waals surface area contributed by atoms with Crippen molar-refractivity contribution in [3.63, 3.8) is 0 Å². The van der Waals surface area contributed by atoms with Crippen molar-refractivity contribution in [2.75, 3.05) is 13.2 Å². The molecule has 0 saturated heterocycles. The number of nitrogens with one attached hydrogen (secondary N) is 1. The maximum absolute atomic E-state index is 13.8. The predicted molar refractivity (Wildman–Crippen MR) is 73.5 cm³/mol. The van der Waals surface area contributed by atoms with Crippen molar-refractivity contribution < 1.29 is 9.13 Å². The van der Waals surface area contributed by atoms with E-state index in [2.05, 4.69) is 12.2 Å². The van der Waals surface area contributed by atoms with E-state index < -0.39 is 0 Å². The topological polar surface area (TPSA) is 21.3 Å². The Morgan fingerprint density at radius 3 is 2.72 bits per heavy atom. The number of benzene rings is 1. The fourth-order valence-electron chi connectivity index (χ4n) is 1.65. The van der Waals surface area contributed by atoms with E-state index in [1.54, 1.807) is 12.1 Å². The van der Waals surface area contributed by atoms with E-state index in [0.717, 1.165) is 13.0 Å². The maximum Gasteiger partial charge on any atom is 0.128 e. The van der Waals surface area contributed by atoms with Gasteiger partial charge in [-0.1, -0.05) is 18.5 Å². The standard InChI is InChI=1S/C14H21ClFNO/c1-4-7-17-14(9-18-10(2)3)12-8-11(15)5-6-13(12)16/h5-6,8,10,14,17H,4,7,9H2,1-3H3. The van der Waals surface area contributed by atoms with E-state index in [4.69, 9.17) is 16.3 Å². The second-order valence-corrected chi connectivity index (χ2v) is 4.99. The first-order valence-corrected chi connectivity index (χ1v) is 6.72. The minimum absolute atomic E-state index is 0.123. The largest absolute Gasteiger partial charge is 0.377 e. The fraction of sp³-hybridized carbons (Fsp3) is 0.571. The Balaban J connectivity index is 2.82. The second kappa shape index (κ2) is 7.72. The first-order valence-electron chi connectivity index (χ1n) is 6.34. The minimum atomic E-state index is -0.250. The molecule has 0 fully saturated rings. The van der Waals surface area contributed by atoms with Crippen molar-refractivity contribution >= 4 is 11.6 Å². The van der Waals surface area contributed by atoms with E-state index in [1.807, 2.05) is 13.8 Å². The molecule has 0 bridgehead atoms. The van der Waals surface area contributed by atoms with Crippen LogP contribution in [-0.2, 0) is 4.74 Å². The van der Waals surface area contributed by atoms with Gasteiger partial charge in [0.15, 0.2) is 0 Å². The summed E-state index contributed by atoms with van der Waals surface area (Å²) in [5.74, 6) is -0.250. The fourth-order valence-corrected chi connectivity index (χ4v) is 1.83. The highest BCUT2D eigenvalue weighted by atomic mass is 35.5. The minimum Gasteiger partial charge on any atom is -0.377 e. The van der Waals surface area contributed by atoms with Crippen molar-refractivity contribution in [1.29, 1.82) is 0 Å². The van der Waals surface area contributed by atoms with Crippen LogP contribution in [0.1, 0.15) is 38.8 Å². The van der Waals surface area contributed by atoms with Crippen LogP contribution in [0.5, 0.6) is 0 Å². The number of hydrogen-bond donors (Lipinski definition) is 1. The molecule has 1 rings (SSSR count). The van der Waals surface area contributed by atoms with E-state index in [-0.39, 0.29) is 18.0 Å². The lowest BCUT2D eigenvalue weighted by Gasteiger charge is -2.21. The van der Waals surface area contributed by atoms with Gasteiger partial charge in [0.05, 0.1) is 18.8 Å². The first kappa shape index (κ1) is 15.4. The molecule has 0 heterocycles. The van der Waals surface area contributed by atoms with Crippen LogP contribution in [0.15, 0.2) is 18.2 Å². The highest BCUT2D eigenvalue weighted by Gasteiger charge is 2.16. The molecule has 1 aromatic rings. The van der Waals surface area contributed by atoms with E-state index in [9.17, 15) is 4.39 Å². The molecule has 4 heteroatoms. The van der Waals surface area contributed by atoms with Gasteiger partial charge in [0.25, 0.3) is 0 Å². The Morgan fingerprint density at radius 1 is 1.39 bits per heavy atom. The van der Waals surface area contributed by atoms with Crippen LogP contribution in [0.3, 0.4) is 0 Å². The average Bonchev–Trinajstić information content (AvgIpc) is 2.32. The van der Waals surface area contributed by atoms with Gasteiger partial charge in [0.2, 0.25) is 0 Å². The molecule has 102 valence electrons. The van der Waals surface area contributed by atoms with E-state index in [0.29, 0.717) is 17.2 Å². The highest BCUT2D eigenvalue weighted by Crippen LogP contribution is 2.22. The van der Waals surface area contributed by atoms with Crippen LogP contribution in [0.25, 0.3) is 0 Å². The monoisotopic (exact) mass is 273 g/mol. The van der Waals surface area contributed by atoms with Gasteiger partial charge in [-0.2, -0.15) is 0 Å². The average molecular weight is 274 g/mol. The van der Waals surface area contributed by atoms with Crippen LogP contribution in [0, 0.1) is 5.82 Å². The van der Waals surface area contributed by atoms with Gasteiger partial charge in [0.1, 0.15) is 5.82 Å². The summed E-state index contributed by atoms with van der Waals surface area (Å²) >= 11 is 5.92. The molecule has 0 radical (unpaired) electrons. The number of hydrogen-bond acceptors (Lipinski definition) is 2. The number of rotatable bonds is 7. The molecule has 1 unspecified atom stereocenters. The molecular formula is C14H21ClFNO. The Hall–Kier alpha value is -0.640. The molecule has 1 N–H and O–H groups in total. The van der Waals surface area contributed by atoms with Crippen LogP contribution < -0.4 is 5.32 Å². The zero-order valence-corrected chi connectivity index (χ0v) is 11.9. The Kier molecular flexibility index (Phi) is 6.61. The molecule has 0 aliphatic heterocycles. The lowest BCUT2D eigenvalue weighted by molar-refractivity contribution is 0.0604. The smallest absolute Gasteiger partial charge is 0.128 e. The van der Waals surface area contributed by atoms with Gasteiger partial charge in [0, 0.05) is 10.6 Å². The zero-order valence-electron chi connectivity index (χ0n) is 11.2. The Labute approximate surface area is 113 Å². The van der Waals surface area contributed by atoms with Crippen molar-refractivity contribution in [2.24, 2.45) is 0 Å². The summed E-state index contributed by atoms with van der Waals surface area (Å²) in [6.45, 7) is 7.26. The normalized spacial score (nSPS) is 13.0. The molecule has 0 amide bonds. The summed E-state index contributed by atoms with van der Waals surface area (Å²) < 4.78 is 19.4. The van der Waals surface area contributed by atoms with Gasteiger partial charge in [-0.05, 0) is 45.0 Å². The molecule has 0 saturated carbocycles. The summed E-state index contributed by atoms with van der Waals surface area (Å²) in [7, 11) is 0. The lowest BCUT2D eigenvalue weighted by Crippen LogP contribution is -2.28. The Morgan fingerprint density at radius 2 is 2.11 bits per heavy atom. The molecule has 18 heavy (non-hydrogen) atoms. The molecule has 1 aromatic carbocycles. The highest BCUT2D eigenvalue weighted by molar-refractivity contribution is 6.30. The third kappa shape index (κ3) is 4.92. The molecule has 1 atom stereocenters. The second-order valence-electron chi connectivity index (χ2n) is 4.55. The van der Waals surface area contributed by atoms with Gasteiger partial charge in [-0.3, -0.25) is 0 Å². The van der Waals surface area contributed by atoms with Crippen molar-refractivity contribution in [2.45, 2.75) is 39.3 Å². The van der Waals surface area contributed by atoms with Crippen LogP contribution in [-0.4, -0.2) is 19.3 Å². The number of halogens is 2. The summed E-state index contributed by atoms with van der Waals surface area (Å²) in [5, 5.41) is 3.83. The van der Waals surface area contributed by atoms with Crippen molar-refractivity contribution in [3.05, 3.63) is 34.6 Å². The lowest BCUT2D eigenvalue weighted by atomic mass is 10.1. The molecular weight excluding hydrogens is 253 g/mol.